The first-order chi connectivity index (χ1) is 10.6. The zero-order valence-corrected chi connectivity index (χ0v) is 14.9. The van der Waals surface area contributed by atoms with Crippen LogP contribution in [0.25, 0.3) is 11.0 Å². The van der Waals surface area contributed by atoms with Gasteiger partial charge in [0.15, 0.2) is 0 Å². The molecule has 0 radical (unpaired) electrons. The zero-order valence-electron chi connectivity index (χ0n) is 13.3. The number of nitrogens with two attached hydrogens (primary N) is 1. The SMILES string of the molecule is Cc1nc2ccccc2n1CC(O)COc1ccc(N)cc1.Cl.Cl. The minimum Gasteiger partial charge on any atom is -0.491 e. The van der Waals surface area contributed by atoms with Gasteiger partial charge in [0.05, 0.1) is 17.6 Å². The van der Waals surface area contributed by atoms with Crippen molar-refractivity contribution in [3.05, 3.63) is 54.4 Å². The highest BCUT2D eigenvalue weighted by Crippen LogP contribution is 2.17. The number of aliphatic hydroxyl groups excluding tert-OH is 1. The van der Waals surface area contributed by atoms with Crippen LogP contribution in [0, 0.1) is 6.92 Å². The lowest BCUT2D eigenvalue weighted by atomic mass is 10.3. The molecule has 1 atom stereocenters. The first-order valence-electron chi connectivity index (χ1n) is 7.22. The summed E-state index contributed by atoms with van der Waals surface area (Å²) in [6.45, 7) is 2.60. The van der Waals surface area contributed by atoms with E-state index >= 15 is 0 Å². The molecule has 0 aliphatic carbocycles. The van der Waals surface area contributed by atoms with Crippen LogP contribution in [-0.2, 0) is 6.54 Å². The van der Waals surface area contributed by atoms with Gasteiger partial charge in [0.25, 0.3) is 0 Å². The van der Waals surface area contributed by atoms with Crippen molar-refractivity contribution in [1.29, 1.82) is 0 Å². The van der Waals surface area contributed by atoms with Crippen LogP contribution in [0.3, 0.4) is 0 Å². The molecule has 5 nitrogen and oxygen atoms in total. The van der Waals surface area contributed by atoms with Crippen LogP contribution in [0.1, 0.15) is 5.82 Å². The van der Waals surface area contributed by atoms with Gasteiger partial charge >= 0.3 is 0 Å². The summed E-state index contributed by atoms with van der Waals surface area (Å²) >= 11 is 0. The normalized spacial score (nSPS) is 11.4. The monoisotopic (exact) mass is 369 g/mol. The van der Waals surface area contributed by atoms with Gasteiger partial charge < -0.3 is 20.1 Å². The maximum Gasteiger partial charge on any atom is 0.119 e. The number of fused-ring (bicyclic) bond motifs is 1. The van der Waals surface area contributed by atoms with Crippen molar-refractivity contribution < 1.29 is 9.84 Å². The number of imidazole rings is 1. The minimum atomic E-state index is -0.617. The average Bonchev–Trinajstić information content (AvgIpc) is 2.83. The predicted octanol–water partition coefficient (Wildman–Crippen LogP) is 3.21. The second kappa shape index (κ2) is 8.78. The summed E-state index contributed by atoms with van der Waals surface area (Å²) in [5, 5.41) is 10.2. The van der Waals surface area contributed by atoms with Crippen molar-refractivity contribution in [3.63, 3.8) is 0 Å². The van der Waals surface area contributed by atoms with E-state index < -0.39 is 6.10 Å². The van der Waals surface area contributed by atoms with Crippen LogP contribution in [0.4, 0.5) is 5.69 Å². The molecular formula is C17H21Cl2N3O2. The lowest BCUT2D eigenvalue weighted by Gasteiger charge is -2.15. The van der Waals surface area contributed by atoms with E-state index in [0.717, 1.165) is 16.9 Å². The fourth-order valence-corrected chi connectivity index (χ4v) is 2.45. The van der Waals surface area contributed by atoms with E-state index in [1.165, 1.54) is 0 Å². The fraction of sp³-hybridized carbons (Fsp3) is 0.235. The van der Waals surface area contributed by atoms with Gasteiger partial charge in [-0.05, 0) is 43.3 Å². The van der Waals surface area contributed by atoms with E-state index in [2.05, 4.69) is 4.98 Å². The number of rotatable bonds is 5. The number of ether oxygens (including phenoxy) is 1. The molecule has 0 amide bonds. The number of para-hydroxylation sites is 2. The average molecular weight is 370 g/mol. The topological polar surface area (TPSA) is 73.3 Å². The highest BCUT2D eigenvalue weighted by molar-refractivity contribution is 5.85. The highest BCUT2D eigenvalue weighted by Gasteiger charge is 2.12. The number of hydrogen-bond donors (Lipinski definition) is 2. The van der Waals surface area contributed by atoms with E-state index in [1.807, 2.05) is 35.8 Å². The van der Waals surface area contributed by atoms with E-state index in [4.69, 9.17) is 10.5 Å². The van der Waals surface area contributed by atoms with Crippen LogP contribution in [0.5, 0.6) is 5.75 Å². The molecule has 2 aromatic carbocycles. The largest absolute Gasteiger partial charge is 0.491 e. The van der Waals surface area contributed by atoms with Crippen molar-refractivity contribution in [2.75, 3.05) is 12.3 Å². The van der Waals surface area contributed by atoms with Gasteiger partial charge in [-0.15, -0.1) is 24.8 Å². The second-order valence-electron chi connectivity index (χ2n) is 5.29. The molecule has 130 valence electrons. The van der Waals surface area contributed by atoms with Gasteiger partial charge in [-0.2, -0.15) is 0 Å². The summed E-state index contributed by atoms with van der Waals surface area (Å²) in [6.07, 6.45) is -0.617. The van der Waals surface area contributed by atoms with Gasteiger partial charge in [0.1, 0.15) is 24.3 Å². The third kappa shape index (κ3) is 4.54. The number of aliphatic hydroxyl groups is 1. The molecule has 0 saturated heterocycles. The van der Waals surface area contributed by atoms with E-state index in [1.54, 1.807) is 24.3 Å². The highest BCUT2D eigenvalue weighted by atomic mass is 35.5. The van der Waals surface area contributed by atoms with E-state index in [-0.39, 0.29) is 31.4 Å². The summed E-state index contributed by atoms with van der Waals surface area (Å²) in [5.74, 6) is 1.58. The second-order valence-corrected chi connectivity index (χ2v) is 5.29. The standard InChI is InChI=1S/C17H19N3O2.2ClH/c1-12-19-16-4-2-3-5-17(16)20(12)10-14(21)11-22-15-8-6-13(18)7-9-15;;/h2-9,14,21H,10-11,18H2,1H3;2*1H. The van der Waals surface area contributed by atoms with Crippen molar-refractivity contribution in [2.45, 2.75) is 19.6 Å². The van der Waals surface area contributed by atoms with Crippen LogP contribution in [0.2, 0.25) is 0 Å². The first-order valence-corrected chi connectivity index (χ1v) is 7.22. The Balaban J connectivity index is 0.00000144. The molecule has 0 saturated carbocycles. The van der Waals surface area contributed by atoms with Crippen LogP contribution in [-0.4, -0.2) is 27.4 Å². The summed E-state index contributed by atoms with van der Waals surface area (Å²) < 4.78 is 7.59. The number of nitrogens with zero attached hydrogens (tertiary/aromatic N) is 2. The number of nitrogen functional groups attached to an aromatic ring is 1. The molecule has 1 heterocycles. The molecule has 0 bridgehead atoms. The molecule has 3 aromatic rings. The van der Waals surface area contributed by atoms with Crippen LogP contribution >= 0.6 is 24.8 Å². The molecule has 24 heavy (non-hydrogen) atoms. The molecule has 1 aromatic heterocycles. The van der Waals surface area contributed by atoms with Gasteiger partial charge in [0.2, 0.25) is 0 Å². The Hall–Kier alpha value is -1.95. The van der Waals surface area contributed by atoms with Crippen LogP contribution < -0.4 is 10.5 Å². The molecule has 7 heteroatoms. The Morgan fingerprint density at radius 2 is 1.79 bits per heavy atom. The number of halogens is 2. The number of hydrogen-bond acceptors (Lipinski definition) is 4. The minimum absolute atomic E-state index is 0. The quantitative estimate of drug-likeness (QED) is 0.677. The summed E-state index contributed by atoms with van der Waals surface area (Å²) in [4.78, 5) is 4.49. The molecule has 0 spiro atoms. The van der Waals surface area contributed by atoms with Crippen molar-refractivity contribution in [2.24, 2.45) is 0 Å². The van der Waals surface area contributed by atoms with Gasteiger partial charge in [0, 0.05) is 5.69 Å². The molecular weight excluding hydrogens is 349 g/mol. The predicted molar refractivity (Wildman–Crippen MR) is 101 cm³/mol. The number of anilines is 1. The third-order valence-corrected chi connectivity index (χ3v) is 3.56. The fourth-order valence-electron chi connectivity index (χ4n) is 2.45. The molecule has 0 fully saturated rings. The maximum atomic E-state index is 10.2. The lowest BCUT2D eigenvalue weighted by Crippen LogP contribution is -2.24. The Labute approximate surface area is 153 Å². The summed E-state index contributed by atoms with van der Waals surface area (Å²) in [5.41, 5.74) is 8.27. The Kier molecular flexibility index (Phi) is 7.35. The van der Waals surface area contributed by atoms with Crippen molar-refractivity contribution in [1.82, 2.24) is 9.55 Å². The molecule has 3 N–H and O–H groups in total. The lowest BCUT2D eigenvalue weighted by molar-refractivity contribution is 0.0929. The molecule has 0 aliphatic heterocycles. The number of aromatic nitrogens is 2. The Morgan fingerprint density at radius 3 is 2.50 bits per heavy atom. The Bertz CT molecular complexity index is 775. The Morgan fingerprint density at radius 1 is 1.12 bits per heavy atom. The smallest absolute Gasteiger partial charge is 0.119 e. The molecule has 0 aliphatic rings. The maximum absolute atomic E-state index is 10.2. The van der Waals surface area contributed by atoms with Crippen LogP contribution in [0.15, 0.2) is 48.5 Å². The van der Waals surface area contributed by atoms with Gasteiger partial charge in [-0.25, -0.2) is 4.98 Å². The third-order valence-electron chi connectivity index (χ3n) is 3.56. The molecule has 3 rings (SSSR count). The van der Waals surface area contributed by atoms with Gasteiger partial charge in [-0.1, -0.05) is 12.1 Å². The number of benzene rings is 2. The summed E-state index contributed by atoms with van der Waals surface area (Å²) in [6, 6.07) is 15.0. The summed E-state index contributed by atoms with van der Waals surface area (Å²) in [7, 11) is 0. The van der Waals surface area contributed by atoms with Crippen molar-refractivity contribution >= 4 is 41.5 Å². The van der Waals surface area contributed by atoms with E-state index in [0.29, 0.717) is 18.0 Å². The van der Waals surface area contributed by atoms with E-state index in [9.17, 15) is 5.11 Å². The van der Waals surface area contributed by atoms with Crippen molar-refractivity contribution in [3.8, 4) is 5.75 Å². The first kappa shape index (κ1) is 20.1. The molecule has 1 unspecified atom stereocenters. The number of aryl methyl sites for hydroxylation is 1. The zero-order chi connectivity index (χ0) is 15.5. The van der Waals surface area contributed by atoms with Gasteiger partial charge in [-0.3, -0.25) is 0 Å².